The predicted molar refractivity (Wildman–Crippen MR) is 186 cm³/mol. The van der Waals surface area contributed by atoms with Crippen LogP contribution in [0.25, 0.3) is 0 Å². The Balaban J connectivity index is 1.39. The molecule has 1 amide bonds. The van der Waals surface area contributed by atoms with Crippen molar-refractivity contribution in [3.8, 4) is 0 Å². The Labute approximate surface area is 296 Å². The molecule has 5 atom stereocenters. The predicted octanol–water partition coefficient (Wildman–Crippen LogP) is 6.65. The van der Waals surface area contributed by atoms with Crippen LogP contribution in [0.5, 0.6) is 0 Å². The van der Waals surface area contributed by atoms with E-state index in [-0.39, 0.29) is 51.0 Å². The molecular weight excluding hydrogens is 656 g/mol. The zero-order chi connectivity index (χ0) is 35.8. The van der Waals surface area contributed by atoms with Gasteiger partial charge in [0.05, 0.1) is 24.7 Å². The average Bonchev–Trinajstić information content (AvgIpc) is 3.16. The van der Waals surface area contributed by atoms with Crippen LogP contribution in [0.4, 0.5) is 10.5 Å². The first-order valence-corrected chi connectivity index (χ1v) is 16.8. The van der Waals surface area contributed by atoms with Crippen molar-refractivity contribution < 1.29 is 42.9 Å². The molecule has 12 nitrogen and oxygen atoms in total. The first-order valence-electron chi connectivity index (χ1n) is 16.8. The van der Waals surface area contributed by atoms with Gasteiger partial charge in [-0.25, -0.2) is 4.79 Å². The van der Waals surface area contributed by atoms with Crippen molar-refractivity contribution in [1.82, 2.24) is 5.32 Å². The summed E-state index contributed by atoms with van der Waals surface area (Å²) in [6, 6.07) is 33.6. The zero-order valence-corrected chi connectivity index (χ0v) is 28.3. The number of ether oxygens (including phenoxy) is 6. The van der Waals surface area contributed by atoms with Crippen LogP contribution in [0.2, 0.25) is 0 Å². The van der Waals surface area contributed by atoms with Gasteiger partial charge < -0.3 is 33.7 Å². The monoisotopic (exact) mass is 698 g/mol. The van der Waals surface area contributed by atoms with Crippen LogP contribution in [0, 0.1) is 10.1 Å². The molecule has 1 fully saturated rings. The van der Waals surface area contributed by atoms with Crippen LogP contribution < -0.4 is 5.32 Å². The van der Waals surface area contributed by atoms with Crippen molar-refractivity contribution >= 4 is 17.7 Å². The fraction of sp³-hybridized carbons (Fsp3) is 0.333. The van der Waals surface area contributed by atoms with E-state index >= 15 is 0 Å². The number of nitro groups is 1. The molecule has 1 aliphatic rings. The standard InChI is InChI=1S/C39H42N2O10/c1-2-12-34(42)40-35-37(47-24-29-15-8-4-9-16-29)36(46-23-28-13-6-3-7-14-28)33(51-38(35)48-25-30-17-10-5-11-18-30)27-50-39(43)49-26-31-19-21-32(22-20-31)41(44)45/h3-11,13-22,33,35-38H,2,12,23-27H2,1H3,(H,40,42)/t33-,35-,36-,37-,38?/m1/s1. The summed E-state index contributed by atoms with van der Waals surface area (Å²) in [6.07, 6.45) is -3.59. The summed E-state index contributed by atoms with van der Waals surface area (Å²) >= 11 is 0. The highest BCUT2D eigenvalue weighted by Gasteiger charge is 2.49. The van der Waals surface area contributed by atoms with Gasteiger partial charge in [0, 0.05) is 18.6 Å². The van der Waals surface area contributed by atoms with E-state index in [4.69, 9.17) is 28.4 Å². The highest BCUT2D eigenvalue weighted by molar-refractivity contribution is 5.76. The van der Waals surface area contributed by atoms with E-state index in [1.54, 1.807) is 0 Å². The lowest BCUT2D eigenvalue weighted by atomic mass is 9.95. The van der Waals surface area contributed by atoms with E-state index in [0.717, 1.165) is 16.7 Å². The molecule has 4 aromatic carbocycles. The van der Waals surface area contributed by atoms with E-state index in [1.807, 2.05) is 97.9 Å². The first-order chi connectivity index (χ1) is 24.9. The van der Waals surface area contributed by atoms with Crippen molar-refractivity contribution in [3.63, 3.8) is 0 Å². The topological polar surface area (TPSA) is 145 Å². The van der Waals surface area contributed by atoms with Gasteiger partial charge in [0.15, 0.2) is 6.29 Å². The number of nitro benzene ring substituents is 1. The molecule has 268 valence electrons. The number of nitrogens with one attached hydrogen (secondary N) is 1. The molecule has 0 radical (unpaired) electrons. The molecule has 1 unspecified atom stereocenters. The van der Waals surface area contributed by atoms with Crippen LogP contribution in [0.3, 0.4) is 0 Å². The molecule has 1 N–H and O–H groups in total. The maximum Gasteiger partial charge on any atom is 0.508 e. The highest BCUT2D eigenvalue weighted by Crippen LogP contribution is 2.30. The van der Waals surface area contributed by atoms with Crippen molar-refractivity contribution in [2.45, 2.75) is 76.8 Å². The van der Waals surface area contributed by atoms with Gasteiger partial charge in [-0.3, -0.25) is 14.9 Å². The molecule has 0 bridgehead atoms. The lowest BCUT2D eigenvalue weighted by Gasteiger charge is -2.46. The molecular formula is C39H42N2O10. The highest BCUT2D eigenvalue weighted by atomic mass is 16.7. The number of benzene rings is 4. The minimum absolute atomic E-state index is 0.0745. The Kier molecular flexibility index (Phi) is 14.1. The fourth-order valence-electron chi connectivity index (χ4n) is 5.55. The molecule has 12 heteroatoms. The molecule has 4 aromatic rings. The normalized spacial score (nSPS) is 19.9. The second-order valence-electron chi connectivity index (χ2n) is 12.0. The average molecular weight is 699 g/mol. The number of amides is 1. The Bertz CT molecular complexity index is 1660. The number of non-ortho nitro benzene ring substituents is 1. The molecule has 51 heavy (non-hydrogen) atoms. The van der Waals surface area contributed by atoms with Gasteiger partial charge in [0.2, 0.25) is 5.91 Å². The minimum Gasteiger partial charge on any atom is -0.431 e. The van der Waals surface area contributed by atoms with Crippen molar-refractivity contribution in [1.29, 1.82) is 0 Å². The van der Waals surface area contributed by atoms with Gasteiger partial charge in [-0.05, 0) is 40.8 Å². The van der Waals surface area contributed by atoms with Crippen LogP contribution >= 0.6 is 0 Å². The molecule has 5 rings (SSSR count). The maximum atomic E-state index is 13.1. The summed E-state index contributed by atoms with van der Waals surface area (Å²) in [7, 11) is 0. The van der Waals surface area contributed by atoms with Crippen molar-refractivity contribution in [3.05, 3.63) is 148 Å². The van der Waals surface area contributed by atoms with E-state index in [1.165, 1.54) is 24.3 Å². The zero-order valence-electron chi connectivity index (χ0n) is 28.3. The Morgan fingerprint density at radius 2 is 1.20 bits per heavy atom. The summed E-state index contributed by atoms with van der Waals surface area (Å²) in [4.78, 5) is 36.4. The van der Waals surface area contributed by atoms with Crippen molar-refractivity contribution in [2.24, 2.45) is 0 Å². The molecule has 0 saturated carbocycles. The number of hydrogen-bond donors (Lipinski definition) is 1. The van der Waals surface area contributed by atoms with Crippen LogP contribution in [0.15, 0.2) is 115 Å². The number of carbonyl (C=O) groups is 2. The second kappa shape index (κ2) is 19.3. The molecule has 1 saturated heterocycles. The summed E-state index contributed by atoms with van der Waals surface area (Å²) in [6.45, 7) is 2.04. The second-order valence-corrected chi connectivity index (χ2v) is 12.0. The third kappa shape index (κ3) is 11.4. The number of nitrogens with zero attached hydrogens (tertiary/aromatic N) is 1. The fourth-order valence-corrected chi connectivity index (χ4v) is 5.55. The molecule has 0 aromatic heterocycles. The molecule has 0 spiro atoms. The van der Waals surface area contributed by atoms with E-state index in [9.17, 15) is 19.7 Å². The first kappa shape index (κ1) is 37.1. The number of rotatable bonds is 17. The third-order valence-corrected chi connectivity index (χ3v) is 8.15. The largest absolute Gasteiger partial charge is 0.508 e. The van der Waals surface area contributed by atoms with Gasteiger partial charge in [-0.1, -0.05) is 97.9 Å². The summed E-state index contributed by atoms with van der Waals surface area (Å²) in [5.41, 5.74) is 3.18. The third-order valence-electron chi connectivity index (χ3n) is 8.15. The van der Waals surface area contributed by atoms with Gasteiger partial charge in [-0.2, -0.15) is 0 Å². The van der Waals surface area contributed by atoms with Gasteiger partial charge in [0.1, 0.15) is 37.6 Å². The van der Waals surface area contributed by atoms with Gasteiger partial charge >= 0.3 is 6.16 Å². The molecule has 1 heterocycles. The van der Waals surface area contributed by atoms with E-state index in [0.29, 0.717) is 12.0 Å². The molecule has 1 aliphatic heterocycles. The van der Waals surface area contributed by atoms with Crippen molar-refractivity contribution in [2.75, 3.05) is 6.61 Å². The summed E-state index contributed by atoms with van der Waals surface area (Å²) in [5.74, 6) is -0.195. The van der Waals surface area contributed by atoms with E-state index in [2.05, 4.69) is 5.32 Å². The lowest BCUT2D eigenvalue weighted by molar-refractivity contribution is -0.384. The minimum atomic E-state index is -1.01. The summed E-state index contributed by atoms with van der Waals surface area (Å²) in [5, 5.41) is 14.1. The Hall–Kier alpha value is -5.14. The number of hydrogen-bond acceptors (Lipinski definition) is 10. The Morgan fingerprint density at radius 3 is 1.73 bits per heavy atom. The van der Waals surface area contributed by atoms with Crippen LogP contribution in [-0.2, 0) is 59.6 Å². The van der Waals surface area contributed by atoms with Gasteiger partial charge in [-0.15, -0.1) is 0 Å². The SMILES string of the molecule is CCCC(=O)N[C@H]1C(OCc2ccccc2)O[C@H](COC(=O)OCc2ccc([N+](=O)[O-])cc2)[C@@H](OCc2ccccc2)[C@@H]1OCc1ccccc1. The number of carbonyl (C=O) groups excluding carboxylic acids is 2. The smallest absolute Gasteiger partial charge is 0.431 e. The van der Waals surface area contributed by atoms with Crippen LogP contribution in [0.1, 0.15) is 42.0 Å². The van der Waals surface area contributed by atoms with Gasteiger partial charge in [0.25, 0.3) is 5.69 Å². The summed E-state index contributed by atoms with van der Waals surface area (Å²) < 4.78 is 36.8. The Morgan fingerprint density at radius 1 is 0.686 bits per heavy atom. The van der Waals surface area contributed by atoms with Crippen LogP contribution in [-0.4, -0.2) is 54.2 Å². The molecule has 0 aliphatic carbocycles. The van der Waals surface area contributed by atoms with E-state index < -0.39 is 41.7 Å². The maximum absolute atomic E-state index is 13.1. The lowest BCUT2D eigenvalue weighted by Crippen LogP contribution is -2.66. The quantitative estimate of drug-likeness (QED) is 0.0723.